The van der Waals surface area contributed by atoms with Gasteiger partial charge >= 0.3 is 0 Å². The van der Waals surface area contributed by atoms with Crippen LogP contribution in [0.25, 0.3) is 21.0 Å². The lowest BCUT2D eigenvalue weighted by Crippen LogP contribution is -2.16. The van der Waals surface area contributed by atoms with Gasteiger partial charge in [0.15, 0.2) is 4.80 Å². The number of amides is 1. The largest absolute Gasteiger partial charge is 0.312 e. The van der Waals surface area contributed by atoms with E-state index in [2.05, 4.69) is 11.6 Å². The van der Waals surface area contributed by atoms with Gasteiger partial charge in [0.1, 0.15) is 0 Å². The molecule has 5 heteroatoms. The van der Waals surface area contributed by atoms with Gasteiger partial charge < -0.3 is 4.57 Å². The summed E-state index contributed by atoms with van der Waals surface area (Å²) in [6.07, 6.45) is 1.79. The summed E-state index contributed by atoms with van der Waals surface area (Å²) in [5, 5.41) is 2.59. The van der Waals surface area contributed by atoms with Gasteiger partial charge in [-0.25, -0.2) is 0 Å². The Kier molecular flexibility index (Phi) is 4.45. The molecular weight excluding hydrogens is 364 g/mol. The van der Waals surface area contributed by atoms with Crippen molar-refractivity contribution < 1.29 is 4.79 Å². The number of halogens is 1. The third kappa shape index (κ3) is 2.98. The van der Waals surface area contributed by atoms with E-state index in [9.17, 15) is 4.79 Å². The quantitative estimate of drug-likeness (QED) is 0.437. The molecule has 1 heterocycles. The molecule has 0 N–H and O–H groups in total. The highest BCUT2D eigenvalue weighted by molar-refractivity contribution is 7.16. The summed E-state index contributed by atoms with van der Waals surface area (Å²) in [6.45, 7) is 4.38. The summed E-state index contributed by atoms with van der Waals surface area (Å²) in [7, 11) is 0. The van der Waals surface area contributed by atoms with Crippen LogP contribution in [-0.2, 0) is 6.54 Å². The zero-order chi connectivity index (χ0) is 18.1. The van der Waals surface area contributed by atoms with Crippen LogP contribution < -0.4 is 4.80 Å². The molecule has 0 saturated carbocycles. The first-order valence-electron chi connectivity index (χ1n) is 8.14. The van der Waals surface area contributed by atoms with Crippen molar-refractivity contribution in [3.05, 3.63) is 88.7 Å². The van der Waals surface area contributed by atoms with Gasteiger partial charge in [-0.05, 0) is 35.0 Å². The van der Waals surface area contributed by atoms with E-state index in [1.54, 1.807) is 6.08 Å². The topological polar surface area (TPSA) is 34.4 Å². The van der Waals surface area contributed by atoms with Crippen molar-refractivity contribution in [2.24, 2.45) is 4.99 Å². The lowest BCUT2D eigenvalue weighted by molar-refractivity contribution is 0.0999. The Labute approximate surface area is 159 Å². The monoisotopic (exact) mass is 378 g/mol. The van der Waals surface area contributed by atoms with Crippen LogP contribution in [0.3, 0.4) is 0 Å². The van der Waals surface area contributed by atoms with Gasteiger partial charge in [-0.15, -0.1) is 6.58 Å². The number of aromatic nitrogens is 1. The zero-order valence-corrected chi connectivity index (χ0v) is 15.4. The number of allylic oxidation sites excluding steroid dienone is 1. The first kappa shape index (κ1) is 16.8. The van der Waals surface area contributed by atoms with Gasteiger partial charge in [0, 0.05) is 17.1 Å². The van der Waals surface area contributed by atoms with Crippen LogP contribution >= 0.6 is 22.9 Å². The molecule has 0 aliphatic heterocycles. The van der Waals surface area contributed by atoms with E-state index in [-0.39, 0.29) is 5.91 Å². The Bertz CT molecular complexity index is 1210. The average molecular weight is 379 g/mol. The molecule has 128 valence electrons. The number of carbonyl (C=O) groups is 1. The van der Waals surface area contributed by atoms with E-state index in [0.29, 0.717) is 21.9 Å². The third-order valence-electron chi connectivity index (χ3n) is 4.17. The first-order chi connectivity index (χ1) is 12.7. The Morgan fingerprint density at radius 3 is 2.81 bits per heavy atom. The fourth-order valence-corrected chi connectivity index (χ4v) is 4.31. The van der Waals surface area contributed by atoms with E-state index < -0.39 is 0 Å². The fourth-order valence-electron chi connectivity index (χ4n) is 3.00. The minimum atomic E-state index is -0.253. The maximum Gasteiger partial charge on any atom is 0.280 e. The molecule has 0 radical (unpaired) electrons. The second kappa shape index (κ2) is 6.90. The predicted octanol–water partition coefficient (Wildman–Crippen LogP) is 5.44. The number of hydrogen-bond acceptors (Lipinski definition) is 2. The molecule has 26 heavy (non-hydrogen) atoms. The zero-order valence-electron chi connectivity index (χ0n) is 13.9. The fraction of sp³-hybridized carbons (Fsp3) is 0.0476. The number of carbonyl (C=O) groups excluding carboxylic acids is 1. The summed E-state index contributed by atoms with van der Waals surface area (Å²) >= 11 is 7.55. The minimum absolute atomic E-state index is 0.253. The van der Waals surface area contributed by atoms with Gasteiger partial charge in [-0.3, -0.25) is 4.79 Å². The van der Waals surface area contributed by atoms with Crippen LogP contribution in [0.5, 0.6) is 0 Å². The minimum Gasteiger partial charge on any atom is -0.312 e. The summed E-state index contributed by atoms with van der Waals surface area (Å²) in [6, 6.07) is 19.2. The van der Waals surface area contributed by atoms with Crippen LogP contribution in [0.4, 0.5) is 0 Å². The lowest BCUT2D eigenvalue weighted by atomic mass is 10.0. The van der Waals surface area contributed by atoms with E-state index >= 15 is 0 Å². The number of benzene rings is 3. The molecule has 0 saturated heterocycles. The van der Waals surface area contributed by atoms with Gasteiger partial charge in [0.25, 0.3) is 5.91 Å². The Balaban J connectivity index is 1.91. The molecule has 4 rings (SSSR count). The van der Waals surface area contributed by atoms with Crippen molar-refractivity contribution in [2.45, 2.75) is 6.54 Å². The summed E-state index contributed by atoms with van der Waals surface area (Å²) < 4.78 is 2.97. The third-order valence-corrected chi connectivity index (χ3v) is 5.45. The number of rotatable bonds is 3. The highest BCUT2D eigenvalue weighted by Crippen LogP contribution is 2.23. The van der Waals surface area contributed by atoms with Crippen LogP contribution in [0.1, 0.15) is 10.4 Å². The molecule has 0 bridgehead atoms. The Morgan fingerprint density at radius 1 is 1.15 bits per heavy atom. The van der Waals surface area contributed by atoms with Gasteiger partial charge in [0.05, 0.1) is 10.2 Å². The second-order valence-electron chi connectivity index (χ2n) is 5.84. The number of nitrogens with zero attached hydrogens (tertiary/aromatic N) is 2. The van der Waals surface area contributed by atoms with Crippen molar-refractivity contribution >= 4 is 49.8 Å². The average Bonchev–Trinajstić information content (AvgIpc) is 2.97. The van der Waals surface area contributed by atoms with E-state index in [1.807, 2.05) is 65.2 Å². The highest BCUT2D eigenvalue weighted by atomic mass is 35.5. The van der Waals surface area contributed by atoms with Crippen molar-refractivity contribution in [2.75, 3.05) is 0 Å². The van der Waals surface area contributed by atoms with Crippen molar-refractivity contribution in [1.82, 2.24) is 4.57 Å². The molecule has 1 amide bonds. The maximum absolute atomic E-state index is 12.9. The summed E-state index contributed by atoms with van der Waals surface area (Å²) in [5.74, 6) is -0.253. The van der Waals surface area contributed by atoms with E-state index in [1.165, 1.54) is 11.3 Å². The molecule has 0 atom stereocenters. The smallest absolute Gasteiger partial charge is 0.280 e. The van der Waals surface area contributed by atoms with Crippen LogP contribution in [0.15, 0.2) is 78.3 Å². The van der Waals surface area contributed by atoms with Crippen molar-refractivity contribution in [1.29, 1.82) is 0 Å². The van der Waals surface area contributed by atoms with Crippen molar-refractivity contribution in [3.8, 4) is 0 Å². The molecule has 0 fully saturated rings. The summed E-state index contributed by atoms with van der Waals surface area (Å²) in [5.41, 5.74) is 1.59. The van der Waals surface area contributed by atoms with Crippen LogP contribution in [0, 0.1) is 0 Å². The van der Waals surface area contributed by atoms with Crippen LogP contribution in [-0.4, -0.2) is 10.5 Å². The standard InChI is InChI=1S/C21H15ClN2OS/c1-2-12-24-18-11-10-15(22)13-19(18)26-21(24)23-20(25)17-9-5-7-14-6-3-4-8-16(14)17/h2-11,13H,1,12H2. The first-order valence-corrected chi connectivity index (χ1v) is 9.33. The molecular formula is C21H15ClN2OS. The van der Waals surface area contributed by atoms with E-state index in [4.69, 9.17) is 11.6 Å². The number of fused-ring (bicyclic) bond motifs is 2. The molecule has 4 aromatic rings. The van der Waals surface area contributed by atoms with Gasteiger partial charge in [0.2, 0.25) is 0 Å². The normalized spacial score (nSPS) is 12.0. The molecule has 0 aliphatic rings. The lowest BCUT2D eigenvalue weighted by Gasteiger charge is -2.03. The van der Waals surface area contributed by atoms with Gasteiger partial charge in [-0.1, -0.05) is 65.4 Å². The molecule has 3 nitrogen and oxygen atoms in total. The molecule has 0 spiro atoms. The number of thiazole rings is 1. The summed E-state index contributed by atoms with van der Waals surface area (Å²) in [4.78, 5) is 18.0. The Morgan fingerprint density at radius 2 is 1.96 bits per heavy atom. The molecule has 0 unspecified atom stereocenters. The predicted molar refractivity (Wildman–Crippen MR) is 109 cm³/mol. The molecule has 0 aliphatic carbocycles. The van der Waals surface area contributed by atoms with E-state index in [0.717, 1.165) is 21.0 Å². The van der Waals surface area contributed by atoms with Gasteiger partial charge in [-0.2, -0.15) is 4.99 Å². The van der Waals surface area contributed by atoms with Crippen LogP contribution in [0.2, 0.25) is 5.02 Å². The number of hydrogen-bond donors (Lipinski definition) is 0. The SMILES string of the molecule is C=CCn1c(=NC(=O)c2cccc3ccccc23)sc2cc(Cl)ccc21. The maximum atomic E-state index is 12.9. The molecule has 3 aromatic carbocycles. The molecule has 1 aromatic heterocycles. The highest BCUT2D eigenvalue weighted by Gasteiger charge is 2.11. The second-order valence-corrected chi connectivity index (χ2v) is 7.29. The van der Waals surface area contributed by atoms with Crippen molar-refractivity contribution in [3.63, 3.8) is 0 Å². The Hall–Kier alpha value is -2.69.